The van der Waals surface area contributed by atoms with Crippen LogP contribution in [-0.4, -0.2) is 17.0 Å². The average molecular weight is 287 g/mol. The minimum atomic E-state index is -0.475. The number of pyridine rings is 1. The molecule has 0 aliphatic rings. The zero-order valence-corrected chi connectivity index (χ0v) is 12.2. The van der Waals surface area contributed by atoms with Gasteiger partial charge >= 0.3 is 0 Å². The van der Waals surface area contributed by atoms with Crippen molar-refractivity contribution in [2.75, 3.05) is 12.4 Å². The van der Waals surface area contributed by atoms with Gasteiger partial charge < -0.3 is 10.1 Å². The molecule has 1 aromatic carbocycles. The number of nitro groups is 1. The SMILES string of the molecule is CNc1cc([N+](=O)[O-])cc(Oc2ccc(C(C)C)cc2)n1. The van der Waals surface area contributed by atoms with Gasteiger partial charge in [-0.1, -0.05) is 26.0 Å². The van der Waals surface area contributed by atoms with E-state index in [1.807, 2.05) is 24.3 Å². The van der Waals surface area contributed by atoms with Crippen LogP contribution in [-0.2, 0) is 0 Å². The largest absolute Gasteiger partial charge is 0.439 e. The smallest absolute Gasteiger partial charge is 0.278 e. The lowest BCUT2D eigenvalue weighted by atomic mass is 10.0. The van der Waals surface area contributed by atoms with Crippen LogP contribution in [0.15, 0.2) is 36.4 Å². The van der Waals surface area contributed by atoms with Gasteiger partial charge in [-0.25, -0.2) is 0 Å². The highest BCUT2D eigenvalue weighted by molar-refractivity contribution is 5.48. The summed E-state index contributed by atoms with van der Waals surface area (Å²) >= 11 is 0. The van der Waals surface area contributed by atoms with Gasteiger partial charge in [0, 0.05) is 7.05 Å². The number of nitrogens with zero attached hydrogens (tertiary/aromatic N) is 2. The lowest BCUT2D eigenvalue weighted by Gasteiger charge is -2.09. The Morgan fingerprint density at radius 2 is 1.90 bits per heavy atom. The van der Waals surface area contributed by atoms with E-state index in [2.05, 4.69) is 24.1 Å². The number of nitrogens with one attached hydrogen (secondary N) is 1. The molecule has 0 saturated heterocycles. The number of aromatic nitrogens is 1. The molecule has 21 heavy (non-hydrogen) atoms. The second-order valence-corrected chi connectivity index (χ2v) is 4.88. The highest BCUT2D eigenvalue weighted by Crippen LogP contribution is 2.27. The van der Waals surface area contributed by atoms with Crippen LogP contribution in [0.4, 0.5) is 11.5 Å². The average Bonchev–Trinajstić information content (AvgIpc) is 2.47. The van der Waals surface area contributed by atoms with Crippen LogP contribution in [0, 0.1) is 10.1 Å². The summed E-state index contributed by atoms with van der Waals surface area (Å²) in [6.45, 7) is 4.22. The Balaban J connectivity index is 2.26. The van der Waals surface area contributed by atoms with Gasteiger partial charge in [-0.15, -0.1) is 0 Å². The van der Waals surface area contributed by atoms with E-state index in [0.29, 0.717) is 17.5 Å². The fourth-order valence-corrected chi connectivity index (χ4v) is 1.82. The van der Waals surface area contributed by atoms with E-state index < -0.39 is 4.92 Å². The molecule has 2 rings (SSSR count). The molecule has 0 unspecified atom stereocenters. The minimum absolute atomic E-state index is 0.0665. The molecule has 0 saturated carbocycles. The van der Waals surface area contributed by atoms with Gasteiger partial charge in [0.15, 0.2) is 0 Å². The molecule has 6 heteroatoms. The molecule has 0 radical (unpaired) electrons. The van der Waals surface area contributed by atoms with Crippen molar-refractivity contribution < 1.29 is 9.66 Å². The van der Waals surface area contributed by atoms with Crippen molar-refractivity contribution >= 4 is 11.5 Å². The van der Waals surface area contributed by atoms with Crippen LogP contribution in [0.2, 0.25) is 0 Å². The third kappa shape index (κ3) is 3.68. The summed E-state index contributed by atoms with van der Waals surface area (Å²) in [5.74, 6) is 1.60. The van der Waals surface area contributed by atoms with Crippen LogP contribution in [0.1, 0.15) is 25.3 Å². The summed E-state index contributed by atoms with van der Waals surface area (Å²) in [5, 5.41) is 13.7. The van der Waals surface area contributed by atoms with Crippen molar-refractivity contribution in [1.29, 1.82) is 0 Å². The first-order valence-corrected chi connectivity index (χ1v) is 6.61. The number of rotatable bonds is 5. The predicted molar refractivity (Wildman–Crippen MR) is 81.0 cm³/mol. The van der Waals surface area contributed by atoms with Crippen molar-refractivity contribution in [3.63, 3.8) is 0 Å². The molecular weight excluding hydrogens is 270 g/mol. The Morgan fingerprint density at radius 3 is 2.43 bits per heavy atom. The lowest BCUT2D eigenvalue weighted by molar-refractivity contribution is -0.384. The topological polar surface area (TPSA) is 77.3 Å². The number of anilines is 1. The van der Waals surface area contributed by atoms with Crippen molar-refractivity contribution in [3.8, 4) is 11.6 Å². The molecule has 0 aliphatic carbocycles. The monoisotopic (exact) mass is 287 g/mol. The maximum absolute atomic E-state index is 10.9. The fraction of sp³-hybridized carbons (Fsp3) is 0.267. The van der Waals surface area contributed by atoms with E-state index in [0.717, 1.165) is 0 Å². The molecule has 1 heterocycles. The zero-order chi connectivity index (χ0) is 15.4. The van der Waals surface area contributed by atoms with E-state index in [1.165, 1.54) is 17.7 Å². The molecule has 110 valence electrons. The molecule has 0 atom stereocenters. The second-order valence-electron chi connectivity index (χ2n) is 4.88. The number of benzene rings is 1. The van der Waals surface area contributed by atoms with Gasteiger partial charge in [0.05, 0.1) is 17.1 Å². The van der Waals surface area contributed by atoms with Crippen LogP contribution >= 0.6 is 0 Å². The maximum Gasteiger partial charge on any atom is 0.278 e. The number of hydrogen-bond donors (Lipinski definition) is 1. The second kappa shape index (κ2) is 6.21. The van der Waals surface area contributed by atoms with Gasteiger partial charge in [-0.05, 0) is 23.6 Å². The fourth-order valence-electron chi connectivity index (χ4n) is 1.82. The molecule has 1 N–H and O–H groups in total. The molecule has 2 aromatic rings. The molecule has 0 amide bonds. The minimum Gasteiger partial charge on any atom is -0.439 e. The van der Waals surface area contributed by atoms with Crippen LogP contribution in [0.3, 0.4) is 0 Å². The Kier molecular flexibility index (Phi) is 4.37. The van der Waals surface area contributed by atoms with Gasteiger partial charge in [0.25, 0.3) is 5.69 Å². The predicted octanol–water partition coefficient (Wildman–Crippen LogP) is 3.95. The van der Waals surface area contributed by atoms with Gasteiger partial charge in [-0.3, -0.25) is 10.1 Å². The first-order chi connectivity index (χ1) is 9.99. The maximum atomic E-state index is 10.9. The van der Waals surface area contributed by atoms with Crippen molar-refractivity contribution in [1.82, 2.24) is 4.98 Å². The van der Waals surface area contributed by atoms with E-state index in [9.17, 15) is 10.1 Å². The number of hydrogen-bond acceptors (Lipinski definition) is 5. The molecule has 0 spiro atoms. The molecule has 0 aliphatic heterocycles. The highest BCUT2D eigenvalue weighted by atomic mass is 16.6. The van der Waals surface area contributed by atoms with Crippen LogP contribution < -0.4 is 10.1 Å². The standard InChI is InChI=1S/C15H17N3O3/c1-10(2)11-4-6-13(7-5-11)21-15-9-12(18(19)20)8-14(16-3)17-15/h4-10H,1-3H3,(H,16,17). The summed E-state index contributed by atoms with van der Waals surface area (Å²) in [6, 6.07) is 10.3. The normalized spacial score (nSPS) is 10.5. The summed E-state index contributed by atoms with van der Waals surface area (Å²) < 4.78 is 5.59. The summed E-state index contributed by atoms with van der Waals surface area (Å²) in [7, 11) is 1.65. The van der Waals surface area contributed by atoms with E-state index in [-0.39, 0.29) is 11.6 Å². The van der Waals surface area contributed by atoms with Crippen molar-refractivity contribution in [2.45, 2.75) is 19.8 Å². The molecule has 6 nitrogen and oxygen atoms in total. The Hall–Kier alpha value is -2.63. The summed E-state index contributed by atoms with van der Waals surface area (Å²) in [5.41, 5.74) is 1.13. The zero-order valence-electron chi connectivity index (χ0n) is 12.2. The van der Waals surface area contributed by atoms with Crippen LogP contribution in [0.25, 0.3) is 0 Å². The van der Waals surface area contributed by atoms with Crippen LogP contribution in [0.5, 0.6) is 11.6 Å². The van der Waals surface area contributed by atoms with E-state index in [4.69, 9.17) is 4.74 Å². The van der Waals surface area contributed by atoms with E-state index >= 15 is 0 Å². The molecule has 0 bridgehead atoms. The third-order valence-corrected chi connectivity index (χ3v) is 3.02. The Morgan fingerprint density at radius 1 is 1.24 bits per heavy atom. The molecular formula is C15H17N3O3. The highest BCUT2D eigenvalue weighted by Gasteiger charge is 2.12. The third-order valence-electron chi connectivity index (χ3n) is 3.02. The van der Waals surface area contributed by atoms with Gasteiger partial charge in [0.1, 0.15) is 11.6 Å². The van der Waals surface area contributed by atoms with E-state index in [1.54, 1.807) is 7.05 Å². The molecule has 1 aromatic heterocycles. The quantitative estimate of drug-likeness (QED) is 0.665. The van der Waals surface area contributed by atoms with Crippen molar-refractivity contribution in [3.05, 3.63) is 52.1 Å². The lowest BCUT2D eigenvalue weighted by Crippen LogP contribution is -1.98. The Bertz CT molecular complexity index is 639. The first-order valence-electron chi connectivity index (χ1n) is 6.61. The number of ether oxygens (including phenoxy) is 1. The van der Waals surface area contributed by atoms with Gasteiger partial charge in [-0.2, -0.15) is 4.98 Å². The van der Waals surface area contributed by atoms with Gasteiger partial charge in [0.2, 0.25) is 5.88 Å². The first kappa shape index (κ1) is 14.8. The Labute approximate surface area is 122 Å². The van der Waals surface area contributed by atoms with Crippen molar-refractivity contribution in [2.24, 2.45) is 0 Å². The summed E-state index contributed by atoms with van der Waals surface area (Å²) in [6.07, 6.45) is 0. The summed E-state index contributed by atoms with van der Waals surface area (Å²) in [4.78, 5) is 14.6. The molecule has 0 fully saturated rings.